The van der Waals surface area contributed by atoms with Crippen molar-refractivity contribution in [1.82, 2.24) is 10.2 Å². The third-order valence-corrected chi connectivity index (χ3v) is 4.01. The number of amides is 1. The van der Waals surface area contributed by atoms with E-state index in [4.69, 9.17) is 23.2 Å². The van der Waals surface area contributed by atoms with Crippen molar-refractivity contribution >= 4 is 41.5 Å². The smallest absolute Gasteiger partial charge is 0.256 e. The third-order valence-electron chi connectivity index (χ3n) is 3.20. The second-order valence-electron chi connectivity index (χ2n) is 4.04. The predicted octanol–water partition coefficient (Wildman–Crippen LogP) is 2.52. The highest BCUT2D eigenvalue weighted by atomic mass is 35.5. The molecule has 0 saturated carbocycles. The second kappa shape index (κ2) is 4.65. The Morgan fingerprint density at radius 1 is 1.35 bits per heavy atom. The van der Waals surface area contributed by atoms with Crippen molar-refractivity contribution in [3.63, 3.8) is 0 Å². The number of carbonyl (C=O) groups excluding carboxylic acids is 1. The topological polar surface area (TPSA) is 32.3 Å². The summed E-state index contributed by atoms with van der Waals surface area (Å²) >= 11 is 12.0. The first-order valence-electron chi connectivity index (χ1n) is 5.19. The first-order chi connectivity index (χ1) is 7.70. The molecule has 0 spiro atoms. The van der Waals surface area contributed by atoms with Crippen LogP contribution in [0.15, 0.2) is 12.1 Å². The van der Waals surface area contributed by atoms with E-state index in [1.54, 1.807) is 6.07 Å². The highest BCUT2D eigenvalue weighted by molar-refractivity contribution is 6.44. The third kappa shape index (κ3) is 1.82. The Kier molecular flexibility index (Phi) is 3.55. The molecule has 0 aromatic heterocycles. The molecule has 1 aromatic rings. The van der Waals surface area contributed by atoms with Gasteiger partial charge in [-0.2, -0.15) is 0 Å². The highest BCUT2D eigenvalue weighted by Crippen LogP contribution is 2.40. The summed E-state index contributed by atoms with van der Waals surface area (Å²) in [5.74, 6) is 0.00833. The van der Waals surface area contributed by atoms with E-state index in [1.165, 1.54) is 0 Å². The van der Waals surface area contributed by atoms with Gasteiger partial charge in [0.05, 0.1) is 21.7 Å². The Balaban J connectivity index is 0.00000108. The van der Waals surface area contributed by atoms with Gasteiger partial charge in [0.15, 0.2) is 0 Å². The number of nitrogens with zero attached hydrogens (tertiary/aromatic N) is 1. The molecule has 3 nitrogen and oxygen atoms in total. The molecule has 1 amide bonds. The van der Waals surface area contributed by atoms with E-state index in [9.17, 15) is 4.79 Å². The van der Waals surface area contributed by atoms with Gasteiger partial charge in [0, 0.05) is 19.6 Å². The van der Waals surface area contributed by atoms with Crippen LogP contribution in [0.1, 0.15) is 22.0 Å². The van der Waals surface area contributed by atoms with Gasteiger partial charge in [0.1, 0.15) is 0 Å². The van der Waals surface area contributed by atoms with Gasteiger partial charge in [-0.05, 0) is 11.6 Å². The maximum absolute atomic E-state index is 12.2. The Labute approximate surface area is 115 Å². The molecule has 1 aromatic carbocycles. The predicted molar refractivity (Wildman–Crippen MR) is 70.4 cm³/mol. The Morgan fingerprint density at radius 2 is 2.12 bits per heavy atom. The quantitative estimate of drug-likeness (QED) is 0.797. The van der Waals surface area contributed by atoms with E-state index in [2.05, 4.69) is 5.32 Å². The van der Waals surface area contributed by atoms with Gasteiger partial charge in [-0.25, -0.2) is 0 Å². The van der Waals surface area contributed by atoms with Gasteiger partial charge in [0.2, 0.25) is 0 Å². The zero-order valence-electron chi connectivity index (χ0n) is 8.87. The van der Waals surface area contributed by atoms with E-state index in [1.807, 2.05) is 11.0 Å². The molecule has 92 valence electrons. The fourth-order valence-corrected chi connectivity index (χ4v) is 2.84. The SMILES string of the molecule is Cl.O=C1c2c(ccc(Cl)c2Cl)[C@H]2CNCCN12. The molecule has 1 atom stereocenters. The Hall–Kier alpha value is -0.480. The van der Waals surface area contributed by atoms with Crippen molar-refractivity contribution in [3.05, 3.63) is 33.3 Å². The summed E-state index contributed by atoms with van der Waals surface area (Å²) in [7, 11) is 0. The molecule has 0 unspecified atom stereocenters. The summed E-state index contributed by atoms with van der Waals surface area (Å²) in [6.07, 6.45) is 0. The van der Waals surface area contributed by atoms with Gasteiger partial charge in [0.25, 0.3) is 5.91 Å². The average Bonchev–Trinajstić information content (AvgIpc) is 2.59. The summed E-state index contributed by atoms with van der Waals surface area (Å²) < 4.78 is 0. The number of hydrogen-bond acceptors (Lipinski definition) is 2. The molecule has 0 radical (unpaired) electrons. The maximum atomic E-state index is 12.2. The Bertz CT molecular complexity index is 478. The first-order valence-corrected chi connectivity index (χ1v) is 5.95. The molecule has 0 bridgehead atoms. The van der Waals surface area contributed by atoms with Gasteiger partial charge in [-0.1, -0.05) is 29.3 Å². The molecular formula is C11H11Cl3N2O. The minimum Gasteiger partial charge on any atom is -0.329 e. The van der Waals surface area contributed by atoms with E-state index in [-0.39, 0.29) is 24.4 Å². The Morgan fingerprint density at radius 3 is 2.88 bits per heavy atom. The summed E-state index contributed by atoms with van der Waals surface area (Å²) in [5, 5.41) is 4.12. The molecular weight excluding hydrogens is 282 g/mol. The molecule has 1 saturated heterocycles. The van der Waals surface area contributed by atoms with Gasteiger partial charge in [-0.3, -0.25) is 4.79 Å². The lowest BCUT2D eigenvalue weighted by Gasteiger charge is -2.30. The lowest BCUT2D eigenvalue weighted by molar-refractivity contribution is 0.0691. The number of piperazine rings is 1. The van der Waals surface area contributed by atoms with Crippen LogP contribution < -0.4 is 5.32 Å². The van der Waals surface area contributed by atoms with Crippen molar-refractivity contribution in [2.75, 3.05) is 19.6 Å². The number of nitrogens with one attached hydrogen (secondary N) is 1. The highest BCUT2D eigenvalue weighted by Gasteiger charge is 2.39. The van der Waals surface area contributed by atoms with Gasteiger partial charge < -0.3 is 10.2 Å². The number of carbonyl (C=O) groups is 1. The zero-order chi connectivity index (χ0) is 11.3. The number of benzene rings is 1. The van der Waals surface area contributed by atoms with Crippen LogP contribution in [0.2, 0.25) is 10.0 Å². The van der Waals surface area contributed by atoms with Crippen molar-refractivity contribution in [3.8, 4) is 0 Å². The van der Waals surface area contributed by atoms with E-state index >= 15 is 0 Å². The zero-order valence-corrected chi connectivity index (χ0v) is 11.2. The molecule has 2 heterocycles. The summed E-state index contributed by atoms with van der Waals surface area (Å²) in [6, 6.07) is 3.78. The van der Waals surface area contributed by atoms with Crippen LogP contribution in [-0.4, -0.2) is 30.4 Å². The largest absolute Gasteiger partial charge is 0.329 e. The molecule has 0 aliphatic carbocycles. The minimum absolute atomic E-state index is 0. The molecule has 3 rings (SSSR count). The lowest BCUT2D eigenvalue weighted by atomic mass is 10.0. The normalized spacial score (nSPS) is 21.9. The van der Waals surface area contributed by atoms with Crippen molar-refractivity contribution in [2.45, 2.75) is 6.04 Å². The molecule has 1 N–H and O–H groups in total. The number of halogens is 3. The van der Waals surface area contributed by atoms with Crippen molar-refractivity contribution in [1.29, 1.82) is 0 Å². The second-order valence-corrected chi connectivity index (χ2v) is 4.83. The fourth-order valence-electron chi connectivity index (χ4n) is 2.43. The molecule has 6 heteroatoms. The van der Waals surface area contributed by atoms with E-state index < -0.39 is 0 Å². The van der Waals surface area contributed by atoms with Crippen molar-refractivity contribution in [2.24, 2.45) is 0 Å². The minimum atomic E-state index is 0. The molecule has 2 aliphatic rings. The average molecular weight is 294 g/mol. The molecule has 1 fully saturated rings. The monoisotopic (exact) mass is 292 g/mol. The van der Waals surface area contributed by atoms with Crippen LogP contribution in [0.4, 0.5) is 0 Å². The van der Waals surface area contributed by atoms with Crippen LogP contribution in [0.3, 0.4) is 0 Å². The van der Waals surface area contributed by atoms with Gasteiger partial charge in [-0.15, -0.1) is 12.4 Å². The lowest BCUT2D eigenvalue weighted by Crippen LogP contribution is -2.44. The van der Waals surface area contributed by atoms with Crippen LogP contribution in [0.5, 0.6) is 0 Å². The van der Waals surface area contributed by atoms with Crippen LogP contribution in [-0.2, 0) is 0 Å². The summed E-state index contributed by atoms with van der Waals surface area (Å²) in [4.78, 5) is 14.0. The maximum Gasteiger partial charge on any atom is 0.256 e. The fraction of sp³-hybridized carbons (Fsp3) is 0.364. The van der Waals surface area contributed by atoms with Crippen LogP contribution in [0.25, 0.3) is 0 Å². The number of fused-ring (bicyclic) bond motifs is 3. The summed E-state index contributed by atoms with van der Waals surface area (Å²) in [6.45, 7) is 2.35. The first kappa shape index (κ1) is 13.0. The number of rotatable bonds is 0. The molecule has 2 aliphatic heterocycles. The molecule has 17 heavy (non-hydrogen) atoms. The summed E-state index contributed by atoms with van der Waals surface area (Å²) in [5.41, 5.74) is 1.58. The standard InChI is InChI=1S/C11H10Cl2N2O.ClH/c12-7-2-1-6-8-5-14-3-4-15(8)11(16)9(6)10(7)13;/h1-2,8,14H,3-5H2;1H/t8-;/m1./s1. The van der Waals surface area contributed by atoms with E-state index in [0.29, 0.717) is 15.6 Å². The van der Waals surface area contributed by atoms with E-state index in [0.717, 1.165) is 25.2 Å². The number of hydrogen-bond donors (Lipinski definition) is 1. The van der Waals surface area contributed by atoms with Crippen molar-refractivity contribution < 1.29 is 4.79 Å². The van der Waals surface area contributed by atoms with Gasteiger partial charge >= 0.3 is 0 Å². The van der Waals surface area contributed by atoms with Crippen LogP contribution in [0, 0.1) is 0 Å². The van der Waals surface area contributed by atoms with Crippen LogP contribution >= 0.6 is 35.6 Å².